The molecular formula is C20H20Cl2SiZr. The van der Waals surface area contributed by atoms with Gasteiger partial charge in [0.15, 0.2) is 0 Å². The summed E-state index contributed by atoms with van der Waals surface area (Å²) in [6.07, 6.45) is 7.06. The molecule has 122 valence electrons. The molecule has 0 bridgehead atoms. The Morgan fingerprint density at radius 1 is 0.708 bits per heavy atom. The standard InChI is InChI=1S/C18H14Si.2CH3.2ClH.Zr/c1-2-6-14-10-17(9-13(14)5-1)19-18-11-15-7-3-4-8-16(15)12-18;;;;;/h1-9,11H,10,12H2;2*1H3;2*1H;/q;2*-1;;;+4/p-2. The quantitative estimate of drug-likeness (QED) is 0.380. The molecule has 0 unspecified atom stereocenters. The second-order valence-electron chi connectivity index (χ2n) is 5.29. The molecule has 0 saturated heterocycles. The second kappa shape index (κ2) is 10.6. The van der Waals surface area contributed by atoms with Gasteiger partial charge >= 0.3 is 37.9 Å². The van der Waals surface area contributed by atoms with Gasteiger partial charge in [-0.05, 0) is 35.1 Å². The third kappa shape index (κ3) is 5.30. The summed E-state index contributed by atoms with van der Waals surface area (Å²) in [4.78, 5) is 0. The first kappa shape index (κ1) is 21.6. The zero-order chi connectivity index (χ0) is 15.4. The second-order valence-corrected chi connectivity index (χ2v) is 10.6. The molecule has 0 spiro atoms. The van der Waals surface area contributed by atoms with Crippen molar-refractivity contribution in [2.75, 3.05) is 0 Å². The number of fused-ring (bicyclic) bond motifs is 2. The first-order chi connectivity index (χ1) is 10.8. The van der Waals surface area contributed by atoms with Gasteiger partial charge < -0.3 is 14.9 Å². The van der Waals surface area contributed by atoms with Gasteiger partial charge in [0.05, 0.1) is 0 Å². The maximum absolute atomic E-state index is 4.93. The Balaban J connectivity index is 0.000000539. The van der Waals surface area contributed by atoms with Crippen LogP contribution >= 0.6 is 17.0 Å². The third-order valence-corrected chi connectivity index (χ3v) is 5.14. The van der Waals surface area contributed by atoms with Gasteiger partial charge in [0.1, 0.15) is 9.52 Å². The molecule has 0 nitrogen and oxygen atoms in total. The number of hydrogen-bond acceptors (Lipinski definition) is 0. The van der Waals surface area contributed by atoms with Crippen LogP contribution in [-0.4, -0.2) is 9.52 Å². The summed E-state index contributed by atoms with van der Waals surface area (Å²) in [6.45, 7) is 0. The van der Waals surface area contributed by atoms with Gasteiger partial charge in [-0.2, -0.15) is 0 Å². The van der Waals surface area contributed by atoms with E-state index < -0.39 is 20.8 Å². The minimum atomic E-state index is -0.826. The molecule has 2 aromatic carbocycles. The van der Waals surface area contributed by atoms with E-state index in [1.807, 2.05) is 0 Å². The third-order valence-electron chi connectivity index (χ3n) is 3.85. The van der Waals surface area contributed by atoms with Crippen LogP contribution in [0.1, 0.15) is 22.3 Å². The zero-order valence-corrected chi connectivity index (χ0v) is 18.9. The number of benzene rings is 2. The molecule has 0 heterocycles. The van der Waals surface area contributed by atoms with Crippen LogP contribution in [0.3, 0.4) is 0 Å². The van der Waals surface area contributed by atoms with Crippen molar-refractivity contribution < 1.29 is 20.8 Å². The van der Waals surface area contributed by atoms with Gasteiger partial charge in [-0.3, -0.25) is 0 Å². The summed E-state index contributed by atoms with van der Waals surface area (Å²) in [7, 11) is 10.7. The Kier molecular flexibility index (Phi) is 9.52. The van der Waals surface area contributed by atoms with E-state index in [2.05, 4.69) is 60.7 Å². The average molecular weight is 451 g/mol. The van der Waals surface area contributed by atoms with Gasteiger partial charge in [-0.1, -0.05) is 71.1 Å². The van der Waals surface area contributed by atoms with Crippen LogP contribution in [0.15, 0.2) is 58.9 Å². The molecule has 2 aromatic rings. The van der Waals surface area contributed by atoms with Crippen molar-refractivity contribution in [3.63, 3.8) is 0 Å². The number of hydrogen-bond donors (Lipinski definition) is 0. The van der Waals surface area contributed by atoms with Crippen LogP contribution in [0.5, 0.6) is 0 Å². The van der Waals surface area contributed by atoms with E-state index in [1.165, 1.54) is 22.3 Å². The monoisotopic (exact) mass is 448 g/mol. The Hall–Kier alpha value is -0.400. The summed E-state index contributed by atoms with van der Waals surface area (Å²) in [5.41, 5.74) is 5.81. The molecule has 0 saturated carbocycles. The van der Waals surface area contributed by atoms with Crippen molar-refractivity contribution in [2.24, 2.45) is 0 Å². The van der Waals surface area contributed by atoms with Crippen LogP contribution < -0.4 is 0 Å². The molecule has 0 aliphatic heterocycles. The fourth-order valence-electron chi connectivity index (χ4n) is 2.93. The van der Waals surface area contributed by atoms with Gasteiger partial charge in [0.2, 0.25) is 0 Å². The predicted molar refractivity (Wildman–Crippen MR) is 107 cm³/mol. The number of rotatable bonds is 2. The zero-order valence-electron chi connectivity index (χ0n) is 13.9. The van der Waals surface area contributed by atoms with E-state index in [0.29, 0.717) is 0 Å². The summed E-state index contributed by atoms with van der Waals surface area (Å²) < 4.78 is 0. The van der Waals surface area contributed by atoms with Crippen molar-refractivity contribution in [3.8, 4) is 0 Å². The van der Waals surface area contributed by atoms with E-state index in [4.69, 9.17) is 17.0 Å². The van der Waals surface area contributed by atoms with Gasteiger partial charge in [0.25, 0.3) is 0 Å². The van der Waals surface area contributed by atoms with E-state index in [-0.39, 0.29) is 14.9 Å². The summed E-state index contributed by atoms with van der Waals surface area (Å²) in [5.74, 6) is 0. The van der Waals surface area contributed by atoms with Crippen molar-refractivity contribution in [1.29, 1.82) is 0 Å². The Morgan fingerprint density at radius 3 is 1.46 bits per heavy atom. The molecule has 2 aliphatic carbocycles. The van der Waals surface area contributed by atoms with Crippen LogP contribution in [0.4, 0.5) is 0 Å². The Bertz CT molecular complexity index is 676. The van der Waals surface area contributed by atoms with E-state index in [1.54, 1.807) is 10.4 Å². The molecule has 0 amide bonds. The molecule has 0 aromatic heterocycles. The van der Waals surface area contributed by atoms with Gasteiger partial charge in [-0.15, -0.1) is 0 Å². The molecule has 0 fully saturated rings. The number of allylic oxidation sites excluding steroid dienone is 2. The molecule has 2 radical (unpaired) electrons. The van der Waals surface area contributed by atoms with Crippen molar-refractivity contribution in [3.05, 3.63) is 96.0 Å². The summed E-state index contributed by atoms with van der Waals surface area (Å²) in [5, 5.41) is 3.17. The summed E-state index contributed by atoms with van der Waals surface area (Å²) >= 11 is -0.826. The minimum absolute atomic E-state index is 0. The van der Waals surface area contributed by atoms with Crippen molar-refractivity contribution >= 4 is 38.7 Å². The fraction of sp³-hybridized carbons (Fsp3) is 0.100. The molecule has 0 N–H and O–H groups in total. The Morgan fingerprint density at radius 2 is 1.08 bits per heavy atom. The first-order valence-electron chi connectivity index (χ1n) is 7.10. The normalized spacial score (nSPS) is 12.9. The first-order valence-corrected chi connectivity index (χ1v) is 14.4. The van der Waals surface area contributed by atoms with E-state index in [0.717, 1.165) is 22.4 Å². The fourth-order valence-corrected chi connectivity index (χ4v) is 4.35. The van der Waals surface area contributed by atoms with Crippen LogP contribution in [0.25, 0.3) is 12.2 Å². The summed E-state index contributed by atoms with van der Waals surface area (Å²) in [6, 6.07) is 17.5. The van der Waals surface area contributed by atoms with Gasteiger partial charge in [-0.25, -0.2) is 0 Å². The van der Waals surface area contributed by atoms with Crippen LogP contribution in [-0.2, 0) is 33.7 Å². The van der Waals surface area contributed by atoms with Gasteiger partial charge in [0, 0.05) is 0 Å². The average Bonchev–Trinajstić information content (AvgIpc) is 3.10. The van der Waals surface area contributed by atoms with Crippen molar-refractivity contribution in [1.82, 2.24) is 0 Å². The predicted octanol–water partition coefficient (Wildman–Crippen LogP) is 6.16. The topological polar surface area (TPSA) is 0 Å². The molecule has 24 heavy (non-hydrogen) atoms. The Labute approximate surface area is 167 Å². The van der Waals surface area contributed by atoms with Crippen molar-refractivity contribution in [2.45, 2.75) is 12.8 Å². The SMILES string of the molecule is C1=C([Si]C2=Cc3ccccc3C2)Cc2ccccc21.[CH3-].[CH3-].[Cl][Zr+2][Cl]. The van der Waals surface area contributed by atoms with Crippen LogP contribution in [0, 0.1) is 14.9 Å². The molecule has 4 rings (SSSR count). The molecule has 4 heteroatoms. The molecule has 2 aliphatic rings. The van der Waals surface area contributed by atoms with Crippen LogP contribution in [0.2, 0.25) is 0 Å². The van der Waals surface area contributed by atoms with E-state index in [9.17, 15) is 0 Å². The maximum atomic E-state index is 4.93. The molecular weight excluding hydrogens is 430 g/mol. The van der Waals surface area contributed by atoms with E-state index >= 15 is 0 Å². The number of halogens is 2. The molecule has 0 atom stereocenters.